The van der Waals surface area contributed by atoms with Gasteiger partial charge in [-0.3, -0.25) is 4.98 Å². The number of nitrogens with zero attached hydrogens (tertiary/aromatic N) is 1. The minimum atomic E-state index is -3.36. The second kappa shape index (κ2) is 8.28. The fourth-order valence-corrected chi connectivity index (χ4v) is 3.77. The van der Waals surface area contributed by atoms with Gasteiger partial charge in [-0.15, -0.1) is 0 Å². The first-order chi connectivity index (χ1) is 12.8. The molecule has 1 aliphatic heterocycles. The van der Waals surface area contributed by atoms with Crippen LogP contribution in [-0.4, -0.2) is 45.5 Å². The van der Waals surface area contributed by atoms with Crippen molar-refractivity contribution in [3.8, 4) is 17.0 Å². The van der Waals surface area contributed by atoms with Crippen molar-refractivity contribution in [2.45, 2.75) is 12.5 Å². The van der Waals surface area contributed by atoms with Crippen LogP contribution in [0.5, 0.6) is 5.75 Å². The molecule has 27 heavy (non-hydrogen) atoms. The molecule has 9 heteroatoms. The van der Waals surface area contributed by atoms with Gasteiger partial charge in [-0.05, 0) is 36.8 Å². The van der Waals surface area contributed by atoms with E-state index in [4.69, 9.17) is 9.47 Å². The molecule has 0 amide bonds. The lowest BCUT2D eigenvalue weighted by atomic mass is 9.98. The average molecular weight is 398 g/mol. The summed E-state index contributed by atoms with van der Waals surface area (Å²) in [5.74, 6) is -1.23. The van der Waals surface area contributed by atoms with Crippen LogP contribution >= 0.6 is 0 Å². The number of halogens is 2. The van der Waals surface area contributed by atoms with Gasteiger partial charge in [0.15, 0.2) is 11.6 Å². The number of pyridine rings is 1. The summed E-state index contributed by atoms with van der Waals surface area (Å²) in [5.41, 5.74) is 0.942. The Morgan fingerprint density at radius 2 is 2.11 bits per heavy atom. The van der Waals surface area contributed by atoms with Crippen LogP contribution in [0.25, 0.3) is 11.3 Å². The molecule has 2 heterocycles. The molecule has 0 aliphatic carbocycles. The van der Waals surface area contributed by atoms with Crippen molar-refractivity contribution in [2.75, 3.05) is 26.1 Å². The number of nitrogens with one attached hydrogen (secondary N) is 1. The molecule has 3 rings (SSSR count). The molecule has 0 bridgehead atoms. The molecule has 1 saturated heterocycles. The number of hydrogen-bond acceptors (Lipinski definition) is 5. The summed E-state index contributed by atoms with van der Waals surface area (Å²) in [6, 6.07) is 6.76. The van der Waals surface area contributed by atoms with Crippen LogP contribution in [-0.2, 0) is 14.8 Å². The number of rotatable bonds is 6. The highest BCUT2D eigenvalue weighted by Gasteiger charge is 2.29. The average Bonchev–Trinajstić information content (AvgIpc) is 2.61. The Kier molecular flexibility index (Phi) is 6.03. The van der Waals surface area contributed by atoms with Crippen molar-refractivity contribution >= 4 is 10.0 Å². The molecule has 1 fully saturated rings. The molecule has 1 aromatic carbocycles. The molecule has 1 aliphatic rings. The highest BCUT2D eigenvalue weighted by molar-refractivity contribution is 7.88. The minimum Gasteiger partial charge on any atom is -0.490 e. The predicted molar refractivity (Wildman–Crippen MR) is 95.8 cm³/mol. The first kappa shape index (κ1) is 19.7. The Hall–Kier alpha value is -2.10. The lowest BCUT2D eigenvalue weighted by molar-refractivity contribution is 0.0181. The highest BCUT2D eigenvalue weighted by Crippen LogP contribution is 2.26. The summed E-state index contributed by atoms with van der Waals surface area (Å²) < 4.78 is 63.8. The van der Waals surface area contributed by atoms with E-state index in [0.717, 1.165) is 12.5 Å². The van der Waals surface area contributed by atoms with Gasteiger partial charge in [-0.1, -0.05) is 0 Å². The quantitative estimate of drug-likeness (QED) is 0.808. The zero-order valence-corrected chi connectivity index (χ0v) is 15.5. The maximum absolute atomic E-state index is 14.4. The minimum absolute atomic E-state index is 0.0459. The standard InChI is InChI=1S/C18H20F2N2O4S/c1-27(23,24)22-17-6-7-25-10-13(17)11-26-18-5-2-12(8-15(18)20)16-4-3-14(19)9-21-16/h2-5,8-9,13,17,22H,6-7,10-11H2,1H3/t13-,17+/m0/s1. The summed E-state index contributed by atoms with van der Waals surface area (Å²) in [7, 11) is -3.36. The Morgan fingerprint density at radius 3 is 2.78 bits per heavy atom. The molecule has 2 atom stereocenters. The van der Waals surface area contributed by atoms with Gasteiger partial charge in [0, 0.05) is 24.1 Å². The largest absolute Gasteiger partial charge is 0.490 e. The van der Waals surface area contributed by atoms with Crippen molar-refractivity contribution in [1.82, 2.24) is 9.71 Å². The Morgan fingerprint density at radius 1 is 1.30 bits per heavy atom. The van der Waals surface area contributed by atoms with E-state index in [1.165, 1.54) is 24.3 Å². The fourth-order valence-electron chi connectivity index (χ4n) is 2.91. The topological polar surface area (TPSA) is 77.5 Å². The summed E-state index contributed by atoms with van der Waals surface area (Å²) in [4.78, 5) is 3.92. The second-order valence-corrected chi connectivity index (χ2v) is 8.22. The van der Waals surface area contributed by atoms with Crippen LogP contribution in [0.2, 0.25) is 0 Å². The van der Waals surface area contributed by atoms with Gasteiger partial charge in [0.2, 0.25) is 10.0 Å². The van der Waals surface area contributed by atoms with E-state index >= 15 is 0 Å². The van der Waals surface area contributed by atoms with Crippen LogP contribution in [0.4, 0.5) is 8.78 Å². The third-order valence-electron chi connectivity index (χ3n) is 4.25. The van der Waals surface area contributed by atoms with Crippen LogP contribution < -0.4 is 9.46 Å². The molecular formula is C18H20F2N2O4S. The van der Waals surface area contributed by atoms with Crippen molar-refractivity contribution in [3.05, 3.63) is 48.2 Å². The zero-order chi connectivity index (χ0) is 19.4. The third-order valence-corrected chi connectivity index (χ3v) is 4.98. The Bertz CT molecular complexity index is 891. The number of ether oxygens (including phenoxy) is 2. The monoisotopic (exact) mass is 398 g/mol. The van der Waals surface area contributed by atoms with Crippen molar-refractivity contribution in [2.24, 2.45) is 5.92 Å². The molecule has 1 N–H and O–H groups in total. The van der Waals surface area contributed by atoms with Gasteiger partial charge < -0.3 is 9.47 Å². The van der Waals surface area contributed by atoms with Crippen LogP contribution in [0.15, 0.2) is 36.5 Å². The van der Waals surface area contributed by atoms with E-state index in [9.17, 15) is 17.2 Å². The smallest absolute Gasteiger partial charge is 0.208 e. The summed E-state index contributed by atoms with van der Waals surface area (Å²) in [5, 5.41) is 0. The third kappa shape index (κ3) is 5.44. The zero-order valence-electron chi connectivity index (χ0n) is 14.7. The number of sulfonamides is 1. The normalized spacial score (nSPS) is 20.4. The van der Waals surface area contributed by atoms with Crippen LogP contribution in [0.1, 0.15) is 6.42 Å². The number of hydrogen-bond donors (Lipinski definition) is 1. The van der Waals surface area contributed by atoms with Crippen molar-refractivity contribution < 1.29 is 26.7 Å². The summed E-state index contributed by atoms with van der Waals surface area (Å²) in [6.07, 6.45) is 2.69. The lowest BCUT2D eigenvalue weighted by Crippen LogP contribution is -2.47. The molecule has 0 saturated carbocycles. The SMILES string of the molecule is CS(=O)(=O)N[C@@H]1CCOC[C@H]1COc1ccc(-c2ccc(F)cn2)cc1F. The number of benzene rings is 1. The van der Waals surface area contributed by atoms with Gasteiger partial charge in [0.05, 0.1) is 31.4 Å². The van der Waals surface area contributed by atoms with Crippen LogP contribution in [0, 0.1) is 17.6 Å². The van der Waals surface area contributed by atoms with E-state index in [1.807, 2.05) is 0 Å². The molecule has 0 spiro atoms. The molecule has 0 radical (unpaired) electrons. The highest BCUT2D eigenvalue weighted by atomic mass is 32.2. The van der Waals surface area contributed by atoms with E-state index in [0.29, 0.717) is 30.9 Å². The van der Waals surface area contributed by atoms with Gasteiger partial charge in [0.1, 0.15) is 5.82 Å². The summed E-state index contributed by atoms with van der Waals surface area (Å²) >= 11 is 0. The second-order valence-electron chi connectivity index (χ2n) is 6.44. The van der Waals surface area contributed by atoms with E-state index < -0.39 is 21.7 Å². The first-order valence-corrected chi connectivity index (χ1v) is 10.3. The van der Waals surface area contributed by atoms with Crippen LogP contribution in [0.3, 0.4) is 0 Å². The number of aromatic nitrogens is 1. The molecule has 2 aromatic rings. The Balaban J connectivity index is 1.67. The molecule has 6 nitrogen and oxygen atoms in total. The molecular weight excluding hydrogens is 378 g/mol. The molecule has 1 aromatic heterocycles. The van der Waals surface area contributed by atoms with E-state index in [1.54, 1.807) is 6.07 Å². The summed E-state index contributed by atoms with van der Waals surface area (Å²) in [6.45, 7) is 0.891. The lowest BCUT2D eigenvalue weighted by Gasteiger charge is -2.31. The van der Waals surface area contributed by atoms with Crippen molar-refractivity contribution in [3.63, 3.8) is 0 Å². The van der Waals surface area contributed by atoms with Gasteiger partial charge in [-0.25, -0.2) is 21.9 Å². The van der Waals surface area contributed by atoms with Crippen molar-refractivity contribution in [1.29, 1.82) is 0 Å². The first-order valence-electron chi connectivity index (χ1n) is 8.41. The molecule has 146 valence electrons. The maximum Gasteiger partial charge on any atom is 0.208 e. The van der Waals surface area contributed by atoms with E-state index in [-0.39, 0.29) is 24.3 Å². The van der Waals surface area contributed by atoms with Gasteiger partial charge >= 0.3 is 0 Å². The fraction of sp³-hybridized carbons (Fsp3) is 0.389. The maximum atomic E-state index is 14.4. The Labute approximate surface area is 156 Å². The molecule has 0 unspecified atom stereocenters. The predicted octanol–water partition coefficient (Wildman–Crippen LogP) is 2.36. The van der Waals surface area contributed by atoms with Gasteiger partial charge in [-0.2, -0.15) is 0 Å². The van der Waals surface area contributed by atoms with Gasteiger partial charge in [0.25, 0.3) is 0 Å². The van der Waals surface area contributed by atoms with E-state index in [2.05, 4.69) is 9.71 Å².